The van der Waals surface area contributed by atoms with Gasteiger partial charge in [-0.25, -0.2) is 9.18 Å². The van der Waals surface area contributed by atoms with E-state index >= 15 is 0 Å². The van der Waals surface area contributed by atoms with Gasteiger partial charge in [-0.1, -0.05) is 24.3 Å². The third kappa shape index (κ3) is 4.71. The van der Waals surface area contributed by atoms with Gasteiger partial charge in [0.1, 0.15) is 11.9 Å². The average molecular weight is 413 g/mol. The average Bonchev–Trinajstić information content (AvgIpc) is 2.89. The van der Waals surface area contributed by atoms with Gasteiger partial charge in [0.05, 0.1) is 11.2 Å². The van der Waals surface area contributed by atoms with E-state index in [0.29, 0.717) is 0 Å². The minimum atomic E-state index is -1.15. The standard InChI is InChI=1S/C22H25BFNO5/c1-21(2)22(3,4)30-23(29-21)16-9-5-14(6-10-16)13-18(20(27)28)25-19(26)15-7-11-17(24)12-8-15/h5-12,18H,13H2,1-4H3,(H,25,26)(H,27,28)/t18-/m1/s1. The molecule has 1 amide bonds. The summed E-state index contributed by atoms with van der Waals surface area (Å²) >= 11 is 0. The van der Waals surface area contributed by atoms with Gasteiger partial charge in [0.15, 0.2) is 0 Å². The van der Waals surface area contributed by atoms with Crippen molar-refractivity contribution in [2.75, 3.05) is 0 Å². The van der Waals surface area contributed by atoms with Crippen LogP contribution in [-0.2, 0) is 20.5 Å². The zero-order valence-corrected chi connectivity index (χ0v) is 17.4. The summed E-state index contributed by atoms with van der Waals surface area (Å²) in [5.41, 5.74) is 0.866. The predicted octanol–water partition coefficient (Wildman–Crippen LogP) is 2.55. The van der Waals surface area contributed by atoms with Gasteiger partial charge >= 0.3 is 13.1 Å². The Labute approximate surface area is 175 Å². The van der Waals surface area contributed by atoms with Crippen LogP contribution in [0.3, 0.4) is 0 Å². The Bertz CT molecular complexity index is 912. The smallest absolute Gasteiger partial charge is 0.480 e. The predicted molar refractivity (Wildman–Crippen MR) is 111 cm³/mol. The number of aliphatic carboxylic acids is 1. The number of rotatable bonds is 6. The third-order valence-corrected chi connectivity index (χ3v) is 5.65. The zero-order valence-electron chi connectivity index (χ0n) is 17.4. The van der Waals surface area contributed by atoms with Crippen LogP contribution in [-0.4, -0.2) is 41.3 Å². The number of halogens is 1. The molecule has 2 aromatic rings. The molecule has 0 saturated carbocycles. The molecule has 2 N–H and O–H groups in total. The van der Waals surface area contributed by atoms with Crippen LogP contribution in [0, 0.1) is 5.82 Å². The molecule has 30 heavy (non-hydrogen) atoms. The van der Waals surface area contributed by atoms with Crippen LogP contribution in [0.1, 0.15) is 43.6 Å². The van der Waals surface area contributed by atoms with Crippen molar-refractivity contribution >= 4 is 24.5 Å². The van der Waals surface area contributed by atoms with E-state index < -0.39 is 42.1 Å². The lowest BCUT2D eigenvalue weighted by Crippen LogP contribution is -2.42. The Balaban J connectivity index is 1.67. The minimum Gasteiger partial charge on any atom is -0.480 e. The number of carboxylic acids is 1. The molecule has 1 fully saturated rings. The topological polar surface area (TPSA) is 84.9 Å². The molecule has 0 aromatic heterocycles. The zero-order chi connectivity index (χ0) is 22.1. The molecule has 158 valence electrons. The van der Waals surface area contributed by atoms with Gasteiger partial charge in [-0.3, -0.25) is 4.79 Å². The molecule has 0 spiro atoms. The molecule has 0 bridgehead atoms. The van der Waals surface area contributed by atoms with Crippen molar-refractivity contribution in [2.24, 2.45) is 0 Å². The summed E-state index contributed by atoms with van der Waals surface area (Å²) in [7, 11) is -0.502. The second-order valence-electron chi connectivity index (χ2n) is 8.41. The van der Waals surface area contributed by atoms with Crippen LogP contribution in [0.15, 0.2) is 48.5 Å². The monoisotopic (exact) mass is 413 g/mol. The lowest BCUT2D eigenvalue weighted by atomic mass is 9.78. The van der Waals surface area contributed by atoms with Crippen molar-refractivity contribution in [2.45, 2.75) is 51.4 Å². The van der Waals surface area contributed by atoms with E-state index in [1.807, 2.05) is 39.8 Å². The number of nitrogens with one attached hydrogen (secondary N) is 1. The quantitative estimate of drug-likeness (QED) is 0.712. The Morgan fingerprint density at radius 3 is 2.03 bits per heavy atom. The molecule has 2 aromatic carbocycles. The molecule has 0 radical (unpaired) electrons. The molecule has 0 aliphatic carbocycles. The molecule has 3 rings (SSSR count). The lowest BCUT2D eigenvalue weighted by molar-refractivity contribution is -0.139. The van der Waals surface area contributed by atoms with Crippen molar-refractivity contribution in [3.05, 3.63) is 65.5 Å². The van der Waals surface area contributed by atoms with E-state index in [9.17, 15) is 19.1 Å². The molecule has 0 unspecified atom stereocenters. The van der Waals surface area contributed by atoms with E-state index in [4.69, 9.17) is 9.31 Å². The number of amides is 1. The highest BCUT2D eigenvalue weighted by Gasteiger charge is 2.51. The van der Waals surface area contributed by atoms with E-state index in [0.717, 1.165) is 23.2 Å². The van der Waals surface area contributed by atoms with Crippen LogP contribution >= 0.6 is 0 Å². The first kappa shape index (κ1) is 22.0. The number of benzene rings is 2. The number of hydrogen-bond donors (Lipinski definition) is 2. The molecule has 1 atom stereocenters. The van der Waals surface area contributed by atoms with Crippen LogP contribution in [0.5, 0.6) is 0 Å². The van der Waals surface area contributed by atoms with Crippen LogP contribution < -0.4 is 10.8 Å². The minimum absolute atomic E-state index is 0.103. The molecule has 1 aliphatic heterocycles. The summed E-state index contributed by atoms with van der Waals surface area (Å²) in [6, 6.07) is 11.0. The highest BCUT2D eigenvalue weighted by Crippen LogP contribution is 2.36. The fraction of sp³-hybridized carbons (Fsp3) is 0.364. The van der Waals surface area contributed by atoms with Crippen molar-refractivity contribution < 1.29 is 28.4 Å². The maximum absolute atomic E-state index is 13.0. The molecule has 1 heterocycles. The van der Waals surface area contributed by atoms with Crippen molar-refractivity contribution in [3.63, 3.8) is 0 Å². The van der Waals surface area contributed by atoms with E-state index in [2.05, 4.69) is 5.32 Å². The first-order chi connectivity index (χ1) is 14.0. The summed E-state index contributed by atoms with van der Waals surface area (Å²) in [6.07, 6.45) is 0.103. The second kappa shape index (κ2) is 8.20. The first-order valence-corrected chi connectivity index (χ1v) is 9.72. The van der Waals surface area contributed by atoms with E-state index in [1.54, 1.807) is 12.1 Å². The molecular formula is C22H25BFNO5. The summed E-state index contributed by atoms with van der Waals surface area (Å²) in [5, 5.41) is 12.0. The summed E-state index contributed by atoms with van der Waals surface area (Å²) in [4.78, 5) is 23.9. The molecule has 1 saturated heterocycles. The summed E-state index contributed by atoms with van der Waals surface area (Å²) < 4.78 is 25.1. The van der Waals surface area contributed by atoms with Gasteiger partial charge in [0.2, 0.25) is 0 Å². The normalized spacial score (nSPS) is 18.1. The summed E-state index contributed by atoms with van der Waals surface area (Å²) in [5.74, 6) is -2.19. The maximum atomic E-state index is 13.0. The van der Waals surface area contributed by atoms with Gasteiger partial charge < -0.3 is 19.7 Å². The molecular weight excluding hydrogens is 388 g/mol. The highest BCUT2D eigenvalue weighted by atomic mass is 19.1. The maximum Gasteiger partial charge on any atom is 0.494 e. The molecule has 6 nitrogen and oxygen atoms in total. The first-order valence-electron chi connectivity index (χ1n) is 9.72. The van der Waals surface area contributed by atoms with E-state index in [-0.39, 0.29) is 12.0 Å². The van der Waals surface area contributed by atoms with Crippen molar-refractivity contribution in [1.29, 1.82) is 0 Å². The largest absolute Gasteiger partial charge is 0.494 e. The van der Waals surface area contributed by atoms with Gasteiger partial charge in [-0.2, -0.15) is 0 Å². The van der Waals surface area contributed by atoms with Gasteiger partial charge in [0.25, 0.3) is 5.91 Å². The van der Waals surface area contributed by atoms with Crippen LogP contribution in [0.2, 0.25) is 0 Å². The Hall–Kier alpha value is -2.71. The van der Waals surface area contributed by atoms with Gasteiger partial charge in [-0.05, 0) is 63.0 Å². The highest BCUT2D eigenvalue weighted by molar-refractivity contribution is 6.62. The third-order valence-electron chi connectivity index (χ3n) is 5.65. The Kier molecular flexibility index (Phi) is 6.01. The van der Waals surface area contributed by atoms with Gasteiger partial charge in [-0.15, -0.1) is 0 Å². The number of carbonyl (C=O) groups is 2. The Morgan fingerprint density at radius 2 is 1.53 bits per heavy atom. The fourth-order valence-corrected chi connectivity index (χ4v) is 3.07. The Morgan fingerprint density at radius 1 is 1.00 bits per heavy atom. The molecule has 8 heteroatoms. The molecule has 1 aliphatic rings. The van der Waals surface area contributed by atoms with Crippen LogP contribution in [0.4, 0.5) is 4.39 Å². The SMILES string of the molecule is CC1(C)OB(c2ccc(C[C@@H](NC(=O)c3ccc(F)cc3)C(=O)O)cc2)OC1(C)C. The van der Waals surface area contributed by atoms with E-state index in [1.165, 1.54) is 12.1 Å². The summed E-state index contributed by atoms with van der Waals surface area (Å²) in [6.45, 7) is 7.90. The number of carboxylic acid groups (broad SMARTS) is 1. The second-order valence-corrected chi connectivity index (χ2v) is 8.41. The van der Waals surface area contributed by atoms with Crippen molar-refractivity contribution in [1.82, 2.24) is 5.32 Å². The number of carbonyl (C=O) groups excluding carboxylic acids is 1. The van der Waals surface area contributed by atoms with Gasteiger partial charge in [0, 0.05) is 12.0 Å². The van der Waals surface area contributed by atoms with Crippen LogP contribution in [0.25, 0.3) is 0 Å². The fourth-order valence-electron chi connectivity index (χ4n) is 3.07. The lowest BCUT2D eigenvalue weighted by Gasteiger charge is -2.32. The number of hydrogen-bond acceptors (Lipinski definition) is 4. The van der Waals surface area contributed by atoms with Crippen molar-refractivity contribution in [3.8, 4) is 0 Å².